The quantitative estimate of drug-likeness (QED) is 0.786. The van der Waals surface area contributed by atoms with E-state index in [-0.39, 0.29) is 5.91 Å². The van der Waals surface area contributed by atoms with E-state index in [2.05, 4.69) is 10.4 Å². The first-order valence-electron chi connectivity index (χ1n) is 6.55. The molecule has 100 valence electrons. The highest BCUT2D eigenvalue weighted by Crippen LogP contribution is 2.05. The number of benzene rings is 1. The zero-order valence-corrected chi connectivity index (χ0v) is 11.0. The van der Waals surface area contributed by atoms with E-state index in [9.17, 15) is 4.79 Å². The molecule has 0 aliphatic heterocycles. The predicted octanol–water partition coefficient (Wildman–Crippen LogP) is 2.19. The van der Waals surface area contributed by atoms with Crippen LogP contribution < -0.4 is 5.32 Å². The van der Waals surface area contributed by atoms with Crippen LogP contribution in [0.2, 0.25) is 0 Å². The molecule has 1 aromatic carbocycles. The van der Waals surface area contributed by atoms with Gasteiger partial charge in [0.05, 0.1) is 24.2 Å². The summed E-state index contributed by atoms with van der Waals surface area (Å²) in [5.41, 5.74) is 2.90. The van der Waals surface area contributed by atoms with E-state index in [0.717, 1.165) is 16.8 Å². The van der Waals surface area contributed by atoms with Crippen molar-refractivity contribution in [2.45, 2.75) is 13.0 Å². The molecule has 0 fully saturated rings. The number of fused-ring (bicyclic) bond motifs is 1. The van der Waals surface area contributed by atoms with Crippen molar-refractivity contribution in [2.24, 2.45) is 0 Å². The molecular formula is C16H15N3O. The Kier molecular flexibility index (Phi) is 3.46. The van der Waals surface area contributed by atoms with Crippen LogP contribution in [0.1, 0.15) is 11.3 Å². The predicted molar refractivity (Wildman–Crippen MR) is 77.2 cm³/mol. The van der Waals surface area contributed by atoms with Gasteiger partial charge in [0.2, 0.25) is 5.91 Å². The van der Waals surface area contributed by atoms with Gasteiger partial charge in [0.15, 0.2) is 0 Å². The minimum atomic E-state index is 0.00764. The van der Waals surface area contributed by atoms with Crippen molar-refractivity contribution >= 4 is 11.4 Å². The fraction of sp³-hybridized carbons (Fsp3) is 0.125. The summed E-state index contributed by atoms with van der Waals surface area (Å²) in [6, 6.07) is 17.6. The maximum Gasteiger partial charge on any atom is 0.224 e. The highest BCUT2D eigenvalue weighted by atomic mass is 16.1. The fourth-order valence-electron chi connectivity index (χ4n) is 2.11. The second-order valence-corrected chi connectivity index (χ2v) is 4.64. The molecule has 0 aliphatic rings. The van der Waals surface area contributed by atoms with Gasteiger partial charge in [0.1, 0.15) is 0 Å². The molecule has 20 heavy (non-hydrogen) atoms. The average Bonchev–Trinajstić information content (AvgIpc) is 2.89. The lowest BCUT2D eigenvalue weighted by Gasteiger charge is -2.03. The molecule has 3 aromatic rings. The molecule has 0 radical (unpaired) electrons. The van der Waals surface area contributed by atoms with Gasteiger partial charge < -0.3 is 5.32 Å². The molecule has 2 heterocycles. The third-order valence-electron chi connectivity index (χ3n) is 3.09. The van der Waals surface area contributed by atoms with Gasteiger partial charge in [0.25, 0.3) is 0 Å². The van der Waals surface area contributed by atoms with Crippen molar-refractivity contribution in [1.29, 1.82) is 0 Å². The molecule has 0 saturated heterocycles. The topological polar surface area (TPSA) is 46.4 Å². The average molecular weight is 265 g/mol. The summed E-state index contributed by atoms with van der Waals surface area (Å²) < 4.78 is 1.80. The molecule has 4 heteroatoms. The van der Waals surface area contributed by atoms with Crippen LogP contribution in [-0.2, 0) is 17.8 Å². The number of aromatic nitrogens is 2. The molecule has 0 atom stereocenters. The molecule has 0 unspecified atom stereocenters. The summed E-state index contributed by atoms with van der Waals surface area (Å²) in [5.74, 6) is 0.00764. The van der Waals surface area contributed by atoms with Gasteiger partial charge in [-0.15, -0.1) is 0 Å². The Labute approximate surface area is 117 Å². The number of hydrogen-bond donors (Lipinski definition) is 1. The summed E-state index contributed by atoms with van der Waals surface area (Å²) in [7, 11) is 0. The van der Waals surface area contributed by atoms with Crippen LogP contribution >= 0.6 is 0 Å². The molecule has 0 bridgehead atoms. The summed E-state index contributed by atoms with van der Waals surface area (Å²) in [6.07, 6.45) is 2.29. The Morgan fingerprint density at radius 2 is 1.90 bits per heavy atom. The summed E-state index contributed by atoms with van der Waals surface area (Å²) in [4.78, 5) is 11.9. The summed E-state index contributed by atoms with van der Waals surface area (Å²) >= 11 is 0. The van der Waals surface area contributed by atoms with Gasteiger partial charge >= 0.3 is 0 Å². The minimum Gasteiger partial charge on any atom is -0.350 e. The lowest BCUT2D eigenvalue weighted by atomic mass is 10.1. The molecular weight excluding hydrogens is 250 g/mol. The van der Waals surface area contributed by atoms with E-state index in [4.69, 9.17) is 0 Å². The number of carbonyl (C=O) groups is 1. The van der Waals surface area contributed by atoms with Gasteiger partial charge in [-0.3, -0.25) is 4.79 Å². The third kappa shape index (κ3) is 2.85. The van der Waals surface area contributed by atoms with Crippen LogP contribution in [0.3, 0.4) is 0 Å². The van der Waals surface area contributed by atoms with Crippen LogP contribution in [0, 0.1) is 0 Å². The first-order valence-corrected chi connectivity index (χ1v) is 6.55. The van der Waals surface area contributed by atoms with Gasteiger partial charge in [-0.1, -0.05) is 36.4 Å². The van der Waals surface area contributed by atoms with E-state index in [1.165, 1.54) is 0 Å². The molecule has 1 N–H and O–H groups in total. The molecule has 1 amide bonds. The number of rotatable bonds is 4. The van der Waals surface area contributed by atoms with Crippen LogP contribution in [0.5, 0.6) is 0 Å². The van der Waals surface area contributed by atoms with Gasteiger partial charge in [0, 0.05) is 6.20 Å². The fourth-order valence-corrected chi connectivity index (χ4v) is 2.11. The SMILES string of the molecule is O=C(Cc1ccccc1)NCc1cc2ccccn2n1. The van der Waals surface area contributed by atoms with Crippen LogP contribution in [-0.4, -0.2) is 15.5 Å². The number of carbonyl (C=O) groups excluding carboxylic acids is 1. The van der Waals surface area contributed by atoms with Crippen molar-refractivity contribution in [3.05, 3.63) is 72.1 Å². The molecule has 4 nitrogen and oxygen atoms in total. The number of nitrogens with one attached hydrogen (secondary N) is 1. The minimum absolute atomic E-state index is 0.00764. The smallest absolute Gasteiger partial charge is 0.224 e. The molecule has 0 spiro atoms. The van der Waals surface area contributed by atoms with Crippen LogP contribution in [0.4, 0.5) is 0 Å². The van der Waals surface area contributed by atoms with Crippen molar-refractivity contribution in [3.8, 4) is 0 Å². The molecule has 0 aliphatic carbocycles. The second-order valence-electron chi connectivity index (χ2n) is 4.64. The normalized spacial score (nSPS) is 10.6. The highest BCUT2D eigenvalue weighted by molar-refractivity contribution is 5.78. The van der Waals surface area contributed by atoms with E-state index >= 15 is 0 Å². The Hall–Kier alpha value is -2.62. The molecule has 2 aromatic heterocycles. The van der Waals surface area contributed by atoms with Gasteiger partial charge in [-0.25, -0.2) is 4.52 Å². The Bertz CT molecular complexity index is 686. The lowest BCUT2D eigenvalue weighted by Crippen LogP contribution is -2.24. The largest absolute Gasteiger partial charge is 0.350 e. The monoisotopic (exact) mass is 265 g/mol. The van der Waals surface area contributed by atoms with Crippen molar-refractivity contribution < 1.29 is 4.79 Å². The highest BCUT2D eigenvalue weighted by Gasteiger charge is 2.05. The number of nitrogens with zero attached hydrogens (tertiary/aromatic N) is 2. The number of amides is 1. The third-order valence-corrected chi connectivity index (χ3v) is 3.09. The first kappa shape index (κ1) is 12.4. The van der Waals surface area contributed by atoms with E-state index in [0.29, 0.717) is 13.0 Å². The maximum atomic E-state index is 11.9. The number of hydrogen-bond acceptors (Lipinski definition) is 2. The Morgan fingerprint density at radius 3 is 2.70 bits per heavy atom. The Balaban J connectivity index is 1.60. The molecule has 0 saturated carbocycles. The van der Waals surface area contributed by atoms with E-state index < -0.39 is 0 Å². The standard InChI is InChI=1S/C16H15N3O/c20-16(10-13-6-2-1-3-7-13)17-12-14-11-15-8-4-5-9-19(15)18-14/h1-9,11H,10,12H2,(H,17,20). The van der Waals surface area contributed by atoms with Gasteiger partial charge in [-0.2, -0.15) is 5.10 Å². The zero-order valence-electron chi connectivity index (χ0n) is 11.0. The summed E-state index contributed by atoms with van der Waals surface area (Å²) in [6.45, 7) is 0.452. The molecule has 3 rings (SSSR count). The second kappa shape index (κ2) is 5.57. The van der Waals surface area contributed by atoms with Crippen molar-refractivity contribution in [2.75, 3.05) is 0 Å². The Morgan fingerprint density at radius 1 is 1.10 bits per heavy atom. The first-order chi connectivity index (χ1) is 9.81. The lowest BCUT2D eigenvalue weighted by molar-refractivity contribution is -0.120. The maximum absolute atomic E-state index is 11.9. The van der Waals surface area contributed by atoms with E-state index in [1.807, 2.05) is 60.8 Å². The summed E-state index contributed by atoms with van der Waals surface area (Å²) in [5, 5.41) is 7.29. The van der Waals surface area contributed by atoms with Crippen LogP contribution in [0.15, 0.2) is 60.8 Å². The van der Waals surface area contributed by atoms with Crippen LogP contribution in [0.25, 0.3) is 5.52 Å². The van der Waals surface area contributed by atoms with Crippen molar-refractivity contribution in [1.82, 2.24) is 14.9 Å². The zero-order chi connectivity index (χ0) is 13.8. The number of pyridine rings is 1. The van der Waals surface area contributed by atoms with Gasteiger partial charge in [-0.05, 0) is 23.8 Å². The van der Waals surface area contributed by atoms with E-state index in [1.54, 1.807) is 4.52 Å². The van der Waals surface area contributed by atoms with Crippen molar-refractivity contribution in [3.63, 3.8) is 0 Å².